The molecule has 0 spiro atoms. The van der Waals surface area contributed by atoms with Gasteiger partial charge in [0.2, 0.25) is 5.91 Å². The van der Waals surface area contributed by atoms with Crippen molar-refractivity contribution in [2.24, 2.45) is 17.8 Å². The van der Waals surface area contributed by atoms with Crippen LogP contribution in [0.25, 0.3) is 0 Å². The number of aromatic nitrogens is 2. The molecular weight excluding hydrogens is 369 g/mol. The van der Waals surface area contributed by atoms with Gasteiger partial charge in [-0.05, 0) is 43.9 Å². The lowest BCUT2D eigenvalue weighted by Crippen LogP contribution is -2.41. The predicted molar refractivity (Wildman–Crippen MR) is 99.8 cm³/mol. The summed E-state index contributed by atoms with van der Waals surface area (Å²) in [7, 11) is 0. The number of hydrogen-bond acceptors (Lipinski definition) is 3. The first kappa shape index (κ1) is 19.6. The van der Waals surface area contributed by atoms with Gasteiger partial charge in [0.1, 0.15) is 5.82 Å². The molecule has 1 saturated carbocycles. The molecule has 1 N–H and O–H groups in total. The minimum absolute atomic E-state index is 0.0256. The van der Waals surface area contributed by atoms with E-state index in [2.05, 4.69) is 17.3 Å². The number of rotatable bonds is 3. The van der Waals surface area contributed by atoms with Gasteiger partial charge in [-0.3, -0.25) is 4.79 Å². The van der Waals surface area contributed by atoms with Crippen LogP contribution in [0, 0.1) is 17.8 Å². The fourth-order valence-electron chi connectivity index (χ4n) is 4.60. The van der Waals surface area contributed by atoms with Gasteiger partial charge in [0, 0.05) is 24.6 Å². The number of carbonyl (C=O) groups is 1. The first-order chi connectivity index (χ1) is 13.2. The molecule has 0 radical (unpaired) electrons. The number of halogens is 3. The van der Waals surface area contributed by atoms with Crippen LogP contribution in [-0.2, 0) is 4.79 Å². The molecule has 3 heterocycles. The van der Waals surface area contributed by atoms with Gasteiger partial charge in [-0.1, -0.05) is 20.8 Å². The van der Waals surface area contributed by atoms with Crippen LogP contribution >= 0.6 is 0 Å². The zero-order valence-electron chi connectivity index (χ0n) is 16.7. The number of likely N-dealkylation sites (tertiary alicyclic amines) is 1. The van der Waals surface area contributed by atoms with E-state index in [1.807, 2.05) is 18.7 Å². The summed E-state index contributed by atoms with van der Waals surface area (Å²) in [5, 5.41) is 7.63. The van der Waals surface area contributed by atoms with E-state index in [1.165, 1.54) is 0 Å². The highest BCUT2D eigenvalue weighted by atomic mass is 19.4. The van der Waals surface area contributed by atoms with E-state index >= 15 is 0 Å². The summed E-state index contributed by atoms with van der Waals surface area (Å²) in [4.78, 5) is 14.7. The molecule has 156 valence electrons. The van der Waals surface area contributed by atoms with Crippen molar-refractivity contribution in [2.75, 3.05) is 11.9 Å². The molecule has 3 unspecified atom stereocenters. The van der Waals surface area contributed by atoms with Crippen molar-refractivity contribution in [2.45, 2.75) is 77.2 Å². The fourth-order valence-corrected chi connectivity index (χ4v) is 4.60. The maximum absolute atomic E-state index is 13.7. The molecule has 5 atom stereocenters. The zero-order chi connectivity index (χ0) is 20.2. The third kappa shape index (κ3) is 3.50. The molecule has 1 saturated heterocycles. The van der Waals surface area contributed by atoms with E-state index in [4.69, 9.17) is 0 Å². The summed E-state index contributed by atoms with van der Waals surface area (Å²) in [6, 6.07) is -0.360. The largest absolute Gasteiger partial charge is 0.410 e. The number of amides is 1. The average molecular weight is 398 g/mol. The smallest absolute Gasteiger partial charge is 0.367 e. The first-order valence-electron chi connectivity index (χ1n) is 10.4. The van der Waals surface area contributed by atoms with E-state index < -0.39 is 12.2 Å². The first-order valence-corrected chi connectivity index (χ1v) is 10.4. The zero-order valence-corrected chi connectivity index (χ0v) is 16.7. The highest BCUT2D eigenvalue weighted by Crippen LogP contribution is 2.45. The van der Waals surface area contributed by atoms with Crippen molar-refractivity contribution in [1.29, 1.82) is 0 Å². The lowest BCUT2D eigenvalue weighted by Gasteiger charge is -2.35. The van der Waals surface area contributed by atoms with Crippen LogP contribution in [0.3, 0.4) is 0 Å². The number of carbonyl (C=O) groups excluding carboxylic acids is 1. The van der Waals surface area contributed by atoms with E-state index in [-0.39, 0.29) is 36.2 Å². The number of alkyl halides is 3. The van der Waals surface area contributed by atoms with Gasteiger partial charge in [0.05, 0.1) is 11.7 Å². The van der Waals surface area contributed by atoms with Crippen molar-refractivity contribution in [3.63, 3.8) is 0 Å². The van der Waals surface area contributed by atoms with Gasteiger partial charge in [0.15, 0.2) is 6.04 Å². The Labute approximate surface area is 163 Å². The van der Waals surface area contributed by atoms with Crippen LogP contribution in [0.4, 0.5) is 19.0 Å². The molecular formula is C20H29F3N4O. The van der Waals surface area contributed by atoms with Crippen molar-refractivity contribution < 1.29 is 18.0 Å². The highest BCUT2D eigenvalue weighted by Gasteiger charge is 2.48. The second kappa shape index (κ2) is 6.95. The Morgan fingerprint density at radius 1 is 1.29 bits per heavy atom. The van der Waals surface area contributed by atoms with Gasteiger partial charge < -0.3 is 10.2 Å². The summed E-state index contributed by atoms with van der Waals surface area (Å²) >= 11 is 0. The maximum atomic E-state index is 13.7. The Morgan fingerprint density at radius 3 is 2.61 bits per heavy atom. The van der Waals surface area contributed by atoms with E-state index in [1.54, 1.807) is 6.07 Å². The minimum atomic E-state index is -4.35. The van der Waals surface area contributed by atoms with Gasteiger partial charge in [-0.25, -0.2) is 4.68 Å². The Bertz CT molecular complexity index is 744. The average Bonchev–Trinajstić information content (AvgIpc) is 3.21. The van der Waals surface area contributed by atoms with Gasteiger partial charge >= 0.3 is 6.18 Å². The molecule has 0 bridgehead atoms. The number of fused-ring (bicyclic) bond motifs is 1. The fraction of sp³-hybridized carbons (Fsp3) is 0.800. The quantitative estimate of drug-likeness (QED) is 0.814. The number of hydrogen-bond donors (Lipinski definition) is 1. The molecule has 1 aromatic heterocycles. The van der Waals surface area contributed by atoms with Crippen LogP contribution in [0.1, 0.15) is 70.7 Å². The maximum Gasteiger partial charge on any atom is 0.410 e. The lowest BCUT2D eigenvalue weighted by atomic mass is 9.94. The highest BCUT2D eigenvalue weighted by molar-refractivity contribution is 5.82. The Kier molecular flexibility index (Phi) is 4.86. The Morgan fingerprint density at radius 2 is 2.00 bits per heavy atom. The molecule has 3 aliphatic rings. The molecule has 4 rings (SSSR count). The SMILES string of the molecule is CC1CC1C(=O)N1CCCCC1c1cc2n(n1)[C@@H](C(F)(F)F)C[C@@H](C(C)C)N2. The summed E-state index contributed by atoms with van der Waals surface area (Å²) in [5.41, 5.74) is 0.586. The molecule has 1 amide bonds. The Hall–Kier alpha value is -1.73. The van der Waals surface area contributed by atoms with Crippen molar-refractivity contribution in [3.05, 3.63) is 11.8 Å². The van der Waals surface area contributed by atoms with Gasteiger partial charge in [0.25, 0.3) is 0 Å². The standard InChI is InChI=1S/C20H29F3N4O/c1-11(2)14-9-17(20(21,22)23)27-18(24-14)10-15(25-27)16-6-4-5-7-26(16)19(28)13-8-12(13)3/h10-14,16-17,24H,4-9H2,1-3H3/t12?,13?,14-,16?,17+/m0/s1. The third-order valence-electron chi connectivity index (χ3n) is 6.60. The molecule has 1 aliphatic carbocycles. The van der Waals surface area contributed by atoms with Crippen LogP contribution in [0.5, 0.6) is 0 Å². The molecule has 2 aliphatic heterocycles. The molecule has 1 aromatic rings. The summed E-state index contributed by atoms with van der Waals surface area (Å²) < 4.78 is 42.3. The van der Waals surface area contributed by atoms with Crippen LogP contribution < -0.4 is 5.32 Å². The van der Waals surface area contributed by atoms with Gasteiger partial charge in [-0.15, -0.1) is 0 Å². The van der Waals surface area contributed by atoms with E-state index in [9.17, 15) is 18.0 Å². The monoisotopic (exact) mass is 398 g/mol. The van der Waals surface area contributed by atoms with Crippen molar-refractivity contribution in [3.8, 4) is 0 Å². The Balaban J connectivity index is 1.65. The number of nitrogens with one attached hydrogen (secondary N) is 1. The van der Waals surface area contributed by atoms with E-state index in [0.29, 0.717) is 24.0 Å². The second-order valence-electron chi connectivity index (χ2n) is 9.05. The van der Waals surface area contributed by atoms with E-state index in [0.717, 1.165) is 30.4 Å². The third-order valence-corrected chi connectivity index (χ3v) is 6.60. The summed E-state index contributed by atoms with van der Waals surface area (Å²) in [5.74, 6) is 1.13. The molecule has 2 fully saturated rings. The lowest BCUT2D eigenvalue weighted by molar-refractivity contribution is -0.174. The van der Waals surface area contributed by atoms with Crippen molar-refractivity contribution >= 4 is 11.7 Å². The van der Waals surface area contributed by atoms with Crippen LogP contribution in [-0.4, -0.2) is 39.4 Å². The number of piperidine rings is 1. The van der Waals surface area contributed by atoms with Crippen LogP contribution in [0.2, 0.25) is 0 Å². The predicted octanol–water partition coefficient (Wildman–Crippen LogP) is 4.54. The van der Waals surface area contributed by atoms with Crippen LogP contribution in [0.15, 0.2) is 6.07 Å². The topological polar surface area (TPSA) is 50.2 Å². The number of nitrogens with zero attached hydrogens (tertiary/aromatic N) is 3. The number of anilines is 1. The van der Waals surface area contributed by atoms with Gasteiger partial charge in [-0.2, -0.15) is 18.3 Å². The molecule has 28 heavy (non-hydrogen) atoms. The van der Waals surface area contributed by atoms with Crippen molar-refractivity contribution in [1.82, 2.24) is 14.7 Å². The molecule has 8 heteroatoms. The second-order valence-corrected chi connectivity index (χ2v) is 9.05. The minimum Gasteiger partial charge on any atom is -0.367 e. The summed E-state index contributed by atoms with van der Waals surface area (Å²) in [6.07, 6.45) is -0.804. The molecule has 0 aromatic carbocycles. The molecule has 5 nitrogen and oxygen atoms in total. The summed E-state index contributed by atoms with van der Waals surface area (Å²) in [6.45, 7) is 6.59. The normalized spacial score (nSPS) is 32.8.